The van der Waals surface area contributed by atoms with Crippen LogP contribution in [0.4, 0.5) is 0 Å². The standard InChI is InChI=1S/C23H25N3OS2/c1-15(2)11-12-26-22(27)20-18-9-5-6-10-19(18)29-21(20)25-23(26)28-14-17-8-4-3-7-16(17)13-24/h3-4,7-8,15H,5-6,9-12,14H2,1-2H3. The fourth-order valence-corrected chi connectivity index (χ4v) is 6.14. The molecule has 0 saturated carbocycles. The predicted octanol–water partition coefficient (Wildman–Crippen LogP) is 5.55. The normalized spacial score (nSPS) is 13.6. The molecule has 3 aromatic rings. The van der Waals surface area contributed by atoms with Gasteiger partial charge in [-0.1, -0.05) is 43.8 Å². The zero-order valence-electron chi connectivity index (χ0n) is 16.9. The highest BCUT2D eigenvalue weighted by atomic mass is 32.2. The molecule has 0 spiro atoms. The number of nitriles is 1. The second-order valence-corrected chi connectivity index (χ2v) is 10.0. The van der Waals surface area contributed by atoms with E-state index in [1.54, 1.807) is 23.1 Å². The Labute approximate surface area is 179 Å². The molecule has 0 saturated heterocycles. The Kier molecular flexibility index (Phi) is 6.07. The van der Waals surface area contributed by atoms with E-state index >= 15 is 0 Å². The molecule has 29 heavy (non-hydrogen) atoms. The Morgan fingerprint density at radius 3 is 2.86 bits per heavy atom. The van der Waals surface area contributed by atoms with E-state index in [0.29, 0.717) is 23.8 Å². The topological polar surface area (TPSA) is 58.7 Å². The minimum atomic E-state index is 0.117. The van der Waals surface area contributed by atoms with Crippen molar-refractivity contribution in [1.82, 2.24) is 9.55 Å². The Bertz CT molecular complexity index is 1140. The number of aryl methyl sites for hydroxylation is 2. The van der Waals surface area contributed by atoms with Crippen molar-refractivity contribution in [3.8, 4) is 6.07 Å². The summed E-state index contributed by atoms with van der Waals surface area (Å²) in [6, 6.07) is 9.91. The lowest BCUT2D eigenvalue weighted by molar-refractivity contribution is 0.481. The maximum atomic E-state index is 13.5. The largest absolute Gasteiger partial charge is 0.287 e. The summed E-state index contributed by atoms with van der Waals surface area (Å²) in [6.07, 6.45) is 5.37. The third-order valence-corrected chi connectivity index (χ3v) is 7.68. The van der Waals surface area contributed by atoms with Gasteiger partial charge < -0.3 is 0 Å². The molecule has 0 radical (unpaired) electrons. The molecule has 0 bridgehead atoms. The molecule has 1 aliphatic carbocycles. The first-order valence-corrected chi connectivity index (χ1v) is 12.0. The molecule has 150 valence electrons. The highest BCUT2D eigenvalue weighted by Gasteiger charge is 2.22. The number of hydrogen-bond donors (Lipinski definition) is 0. The van der Waals surface area contributed by atoms with Gasteiger partial charge in [0.15, 0.2) is 5.16 Å². The van der Waals surface area contributed by atoms with E-state index in [1.165, 1.54) is 16.9 Å². The Morgan fingerprint density at radius 2 is 2.07 bits per heavy atom. The van der Waals surface area contributed by atoms with Crippen LogP contribution in [-0.4, -0.2) is 9.55 Å². The Morgan fingerprint density at radius 1 is 1.28 bits per heavy atom. The third kappa shape index (κ3) is 4.12. The molecule has 0 aliphatic heterocycles. The third-order valence-electron chi connectivity index (χ3n) is 5.46. The summed E-state index contributed by atoms with van der Waals surface area (Å²) < 4.78 is 1.88. The maximum Gasteiger partial charge on any atom is 0.263 e. The highest BCUT2D eigenvalue weighted by Crippen LogP contribution is 2.35. The smallest absolute Gasteiger partial charge is 0.263 e. The summed E-state index contributed by atoms with van der Waals surface area (Å²) in [5, 5.41) is 11.0. The average Bonchev–Trinajstić information content (AvgIpc) is 3.10. The van der Waals surface area contributed by atoms with Gasteiger partial charge in [0, 0.05) is 17.2 Å². The zero-order valence-corrected chi connectivity index (χ0v) is 18.5. The quantitative estimate of drug-likeness (QED) is 0.385. The van der Waals surface area contributed by atoms with E-state index < -0.39 is 0 Å². The van der Waals surface area contributed by atoms with Gasteiger partial charge in [-0.25, -0.2) is 4.98 Å². The van der Waals surface area contributed by atoms with Crippen LogP contribution in [0.3, 0.4) is 0 Å². The van der Waals surface area contributed by atoms with Crippen LogP contribution in [0.2, 0.25) is 0 Å². The highest BCUT2D eigenvalue weighted by molar-refractivity contribution is 7.98. The van der Waals surface area contributed by atoms with Crippen LogP contribution in [0.25, 0.3) is 10.2 Å². The van der Waals surface area contributed by atoms with Crippen molar-refractivity contribution in [3.05, 3.63) is 56.2 Å². The molecular formula is C23H25N3OS2. The molecule has 2 heterocycles. The molecule has 0 unspecified atom stereocenters. The fourth-order valence-electron chi connectivity index (χ4n) is 3.81. The lowest BCUT2D eigenvalue weighted by Crippen LogP contribution is -2.24. The van der Waals surface area contributed by atoms with Crippen LogP contribution in [0.5, 0.6) is 0 Å². The van der Waals surface area contributed by atoms with Crippen molar-refractivity contribution in [2.75, 3.05) is 0 Å². The van der Waals surface area contributed by atoms with Gasteiger partial charge in [-0.3, -0.25) is 9.36 Å². The molecule has 0 N–H and O–H groups in total. The van der Waals surface area contributed by atoms with Gasteiger partial charge in [-0.05, 0) is 55.2 Å². The first kappa shape index (κ1) is 20.2. The minimum Gasteiger partial charge on any atom is -0.287 e. The van der Waals surface area contributed by atoms with Crippen molar-refractivity contribution in [2.45, 2.75) is 63.4 Å². The molecule has 0 atom stereocenters. The summed E-state index contributed by atoms with van der Waals surface area (Å²) in [5.74, 6) is 1.15. The zero-order chi connectivity index (χ0) is 20.4. The van der Waals surface area contributed by atoms with Crippen LogP contribution in [0.1, 0.15) is 54.7 Å². The van der Waals surface area contributed by atoms with Crippen molar-refractivity contribution < 1.29 is 0 Å². The predicted molar refractivity (Wildman–Crippen MR) is 121 cm³/mol. The summed E-state index contributed by atoms with van der Waals surface area (Å²) >= 11 is 3.26. The number of fused-ring (bicyclic) bond motifs is 3. The molecule has 4 rings (SSSR count). The van der Waals surface area contributed by atoms with Crippen LogP contribution in [-0.2, 0) is 25.1 Å². The van der Waals surface area contributed by atoms with Gasteiger partial charge in [0.2, 0.25) is 0 Å². The first-order chi connectivity index (χ1) is 14.1. The summed E-state index contributed by atoms with van der Waals surface area (Å²) in [7, 11) is 0. The lowest BCUT2D eigenvalue weighted by atomic mass is 9.97. The summed E-state index contributed by atoms with van der Waals surface area (Å²) in [4.78, 5) is 20.7. The van der Waals surface area contributed by atoms with Crippen molar-refractivity contribution in [3.63, 3.8) is 0 Å². The minimum absolute atomic E-state index is 0.117. The second kappa shape index (κ2) is 8.73. The molecule has 6 heteroatoms. The van der Waals surface area contributed by atoms with E-state index in [2.05, 4.69) is 19.9 Å². The molecule has 2 aromatic heterocycles. The van der Waals surface area contributed by atoms with Crippen LogP contribution >= 0.6 is 23.1 Å². The van der Waals surface area contributed by atoms with Gasteiger partial charge >= 0.3 is 0 Å². The van der Waals surface area contributed by atoms with Crippen molar-refractivity contribution in [2.24, 2.45) is 5.92 Å². The fraction of sp³-hybridized carbons (Fsp3) is 0.435. The summed E-state index contributed by atoms with van der Waals surface area (Å²) in [5.41, 5.74) is 3.03. The number of thioether (sulfide) groups is 1. The first-order valence-electron chi connectivity index (χ1n) is 10.2. The van der Waals surface area contributed by atoms with E-state index in [1.807, 2.05) is 28.8 Å². The van der Waals surface area contributed by atoms with Crippen LogP contribution in [0.15, 0.2) is 34.2 Å². The van der Waals surface area contributed by atoms with Crippen molar-refractivity contribution >= 4 is 33.3 Å². The van der Waals surface area contributed by atoms with Gasteiger partial charge in [0.05, 0.1) is 17.0 Å². The number of thiophene rings is 1. The van der Waals surface area contributed by atoms with Gasteiger partial charge in [0.1, 0.15) is 4.83 Å². The molecule has 1 aliphatic rings. The van der Waals surface area contributed by atoms with Gasteiger partial charge in [-0.2, -0.15) is 5.26 Å². The second-order valence-electron chi connectivity index (χ2n) is 7.98. The number of nitrogens with zero attached hydrogens (tertiary/aromatic N) is 3. The van der Waals surface area contributed by atoms with E-state index in [-0.39, 0.29) is 5.56 Å². The monoisotopic (exact) mass is 423 g/mol. The Hall–Kier alpha value is -2.10. The summed E-state index contributed by atoms with van der Waals surface area (Å²) in [6.45, 7) is 5.05. The van der Waals surface area contributed by atoms with Crippen LogP contribution in [0, 0.1) is 17.2 Å². The van der Waals surface area contributed by atoms with E-state index in [0.717, 1.165) is 46.6 Å². The average molecular weight is 424 g/mol. The van der Waals surface area contributed by atoms with Crippen molar-refractivity contribution in [1.29, 1.82) is 5.26 Å². The number of benzene rings is 1. The maximum absolute atomic E-state index is 13.5. The van der Waals surface area contributed by atoms with E-state index in [4.69, 9.17) is 4.98 Å². The van der Waals surface area contributed by atoms with Gasteiger partial charge in [0.25, 0.3) is 5.56 Å². The SMILES string of the molecule is CC(C)CCn1c(SCc2ccccc2C#N)nc2sc3c(c2c1=O)CCCC3. The number of hydrogen-bond acceptors (Lipinski definition) is 5. The molecule has 0 amide bonds. The Balaban J connectivity index is 1.76. The molecule has 0 fully saturated rings. The molecule has 1 aromatic carbocycles. The lowest BCUT2D eigenvalue weighted by Gasteiger charge is -2.14. The van der Waals surface area contributed by atoms with Crippen LogP contribution < -0.4 is 5.56 Å². The van der Waals surface area contributed by atoms with E-state index in [9.17, 15) is 10.1 Å². The molecule has 4 nitrogen and oxygen atoms in total. The molecular weight excluding hydrogens is 398 g/mol. The number of aromatic nitrogens is 2. The number of rotatable bonds is 6. The van der Waals surface area contributed by atoms with Gasteiger partial charge in [-0.15, -0.1) is 11.3 Å².